The average molecular weight is 434 g/mol. The number of rotatable bonds is 6. The lowest BCUT2D eigenvalue weighted by Crippen LogP contribution is -2.46. The Hall–Kier alpha value is -3.28. The number of nitrogens with two attached hydrogens (primary N) is 1. The Labute approximate surface area is 173 Å². The lowest BCUT2D eigenvalue weighted by Gasteiger charge is -2.37. The summed E-state index contributed by atoms with van der Waals surface area (Å²) in [5.74, 6) is -0.775. The number of para-hydroxylation sites is 1. The molecule has 1 aromatic carbocycles. The number of hydrogen-bond acceptors (Lipinski definition) is 9. The Bertz CT molecular complexity index is 1080. The van der Waals surface area contributed by atoms with Gasteiger partial charge >= 0.3 is 5.69 Å². The van der Waals surface area contributed by atoms with Gasteiger partial charge in [0.1, 0.15) is 0 Å². The number of nitro groups is 1. The van der Waals surface area contributed by atoms with E-state index in [2.05, 4.69) is 15.3 Å². The number of primary amides is 1. The van der Waals surface area contributed by atoms with Gasteiger partial charge in [-0.15, -0.1) is 0 Å². The zero-order valence-electron chi connectivity index (χ0n) is 16.5. The van der Waals surface area contributed by atoms with E-state index < -0.39 is 36.9 Å². The predicted molar refractivity (Wildman–Crippen MR) is 110 cm³/mol. The molecule has 1 aliphatic heterocycles. The SMILES string of the molecule is CC1(C(N)=O)CCN(c2nc(S(C)(=O)=O)nc(Nc3ccccc3)c2[N+](=O)[O-])CC1. The minimum atomic E-state index is -3.84. The normalized spacial score (nSPS) is 16.1. The molecule has 3 N–H and O–H groups in total. The Kier molecular flexibility index (Phi) is 5.61. The topological polar surface area (TPSA) is 161 Å². The molecule has 3 rings (SSSR count). The number of hydrogen-bond donors (Lipinski definition) is 2. The first kappa shape index (κ1) is 21.4. The summed E-state index contributed by atoms with van der Waals surface area (Å²) in [5, 5.41) is 14.2. The van der Waals surface area contributed by atoms with Crippen LogP contribution in [0.4, 0.5) is 23.0 Å². The molecule has 1 amide bonds. The number of carbonyl (C=O) groups excluding carboxylic acids is 1. The zero-order chi connectivity index (χ0) is 22.1. The van der Waals surface area contributed by atoms with Gasteiger partial charge in [0.2, 0.25) is 27.4 Å². The van der Waals surface area contributed by atoms with E-state index in [1.807, 2.05) is 0 Å². The van der Waals surface area contributed by atoms with Crippen LogP contribution >= 0.6 is 0 Å². The van der Waals surface area contributed by atoms with E-state index >= 15 is 0 Å². The molecule has 1 saturated heterocycles. The van der Waals surface area contributed by atoms with Gasteiger partial charge in [-0.25, -0.2) is 8.42 Å². The second-order valence-corrected chi connectivity index (χ2v) is 9.37. The summed E-state index contributed by atoms with van der Waals surface area (Å²) in [7, 11) is -3.84. The van der Waals surface area contributed by atoms with Crippen LogP contribution in [-0.2, 0) is 14.6 Å². The van der Waals surface area contributed by atoms with E-state index in [1.165, 1.54) is 0 Å². The van der Waals surface area contributed by atoms with Crippen LogP contribution in [-0.4, -0.2) is 48.6 Å². The maximum Gasteiger partial charge on any atom is 0.353 e. The van der Waals surface area contributed by atoms with Crippen molar-refractivity contribution in [2.24, 2.45) is 11.1 Å². The van der Waals surface area contributed by atoms with Gasteiger partial charge < -0.3 is 16.0 Å². The highest BCUT2D eigenvalue weighted by Crippen LogP contribution is 2.39. The molecule has 0 bridgehead atoms. The summed E-state index contributed by atoms with van der Waals surface area (Å²) < 4.78 is 24.3. The van der Waals surface area contributed by atoms with Gasteiger partial charge in [-0.05, 0) is 25.0 Å². The Balaban J connectivity index is 2.10. The van der Waals surface area contributed by atoms with Gasteiger partial charge in [0.05, 0.1) is 4.92 Å². The summed E-state index contributed by atoms with van der Waals surface area (Å²) in [5.41, 5.74) is 4.81. The fraction of sp³-hybridized carbons (Fsp3) is 0.389. The average Bonchev–Trinajstić information content (AvgIpc) is 2.67. The molecule has 1 fully saturated rings. The fourth-order valence-corrected chi connectivity index (χ4v) is 3.69. The summed E-state index contributed by atoms with van der Waals surface area (Å²) in [4.78, 5) is 32.5. The molecule has 0 atom stereocenters. The lowest BCUT2D eigenvalue weighted by molar-refractivity contribution is -0.383. The van der Waals surface area contributed by atoms with Crippen molar-refractivity contribution in [2.45, 2.75) is 24.9 Å². The number of benzene rings is 1. The summed E-state index contributed by atoms with van der Waals surface area (Å²) in [6.07, 6.45) is 1.66. The van der Waals surface area contributed by atoms with Crippen molar-refractivity contribution in [3.63, 3.8) is 0 Å². The number of aromatic nitrogens is 2. The van der Waals surface area contributed by atoms with Gasteiger partial charge in [-0.1, -0.05) is 25.1 Å². The highest BCUT2D eigenvalue weighted by atomic mass is 32.2. The second kappa shape index (κ2) is 7.86. The van der Waals surface area contributed by atoms with Crippen LogP contribution in [0, 0.1) is 15.5 Å². The van der Waals surface area contributed by atoms with Gasteiger partial charge in [0, 0.05) is 30.4 Å². The van der Waals surface area contributed by atoms with Crippen molar-refractivity contribution in [1.82, 2.24) is 9.97 Å². The fourth-order valence-electron chi connectivity index (χ4n) is 3.18. The van der Waals surface area contributed by atoms with Crippen molar-refractivity contribution < 1.29 is 18.1 Å². The third-order valence-corrected chi connectivity index (χ3v) is 6.00. The first-order valence-electron chi connectivity index (χ1n) is 9.15. The maximum absolute atomic E-state index is 12.1. The number of sulfone groups is 1. The molecule has 1 aliphatic rings. The molecule has 30 heavy (non-hydrogen) atoms. The first-order valence-corrected chi connectivity index (χ1v) is 11.0. The van der Waals surface area contributed by atoms with E-state index in [9.17, 15) is 23.3 Å². The maximum atomic E-state index is 12.1. The van der Waals surface area contributed by atoms with Crippen LogP contribution in [0.25, 0.3) is 0 Å². The third-order valence-electron chi connectivity index (χ3n) is 5.16. The van der Waals surface area contributed by atoms with Crippen LogP contribution in [0.15, 0.2) is 35.5 Å². The molecule has 2 heterocycles. The Morgan fingerprint density at radius 2 is 1.83 bits per heavy atom. The molecule has 0 aliphatic carbocycles. The van der Waals surface area contributed by atoms with Crippen LogP contribution < -0.4 is 16.0 Å². The molecular weight excluding hydrogens is 412 g/mol. The Morgan fingerprint density at radius 3 is 2.33 bits per heavy atom. The van der Waals surface area contributed by atoms with Crippen molar-refractivity contribution in [3.05, 3.63) is 40.4 Å². The van der Waals surface area contributed by atoms with Crippen molar-refractivity contribution >= 4 is 38.8 Å². The number of anilines is 3. The van der Waals surface area contributed by atoms with Crippen LogP contribution in [0.2, 0.25) is 0 Å². The summed E-state index contributed by atoms with van der Waals surface area (Å²) in [6.45, 7) is 2.25. The highest BCUT2D eigenvalue weighted by molar-refractivity contribution is 7.90. The summed E-state index contributed by atoms with van der Waals surface area (Å²) in [6, 6.07) is 8.57. The highest BCUT2D eigenvalue weighted by Gasteiger charge is 2.39. The van der Waals surface area contributed by atoms with E-state index in [4.69, 9.17) is 5.73 Å². The summed E-state index contributed by atoms with van der Waals surface area (Å²) >= 11 is 0. The standard InChI is InChI=1S/C18H22N6O5S/c1-18(16(19)25)8-10-23(11-9-18)15-13(24(26)27)14(20-12-6-4-3-5-7-12)21-17(22-15)30(2,28)29/h3-7H,8-11H2,1-2H3,(H2,19,25)(H,20,21,22). The number of amides is 1. The van der Waals surface area contributed by atoms with Crippen molar-refractivity contribution in [1.29, 1.82) is 0 Å². The van der Waals surface area contributed by atoms with E-state index in [0.29, 0.717) is 18.5 Å². The van der Waals surface area contributed by atoms with E-state index in [0.717, 1.165) is 6.26 Å². The molecular formula is C18H22N6O5S. The molecule has 160 valence electrons. The Morgan fingerprint density at radius 1 is 1.23 bits per heavy atom. The predicted octanol–water partition coefficient (Wildman–Crippen LogP) is 1.62. The largest absolute Gasteiger partial charge is 0.369 e. The lowest BCUT2D eigenvalue weighted by atomic mass is 9.80. The number of carbonyl (C=O) groups is 1. The van der Waals surface area contributed by atoms with Crippen molar-refractivity contribution in [2.75, 3.05) is 29.6 Å². The van der Waals surface area contributed by atoms with Gasteiger partial charge in [-0.3, -0.25) is 14.9 Å². The molecule has 0 radical (unpaired) electrons. The molecule has 11 nitrogen and oxygen atoms in total. The molecule has 0 unspecified atom stereocenters. The third kappa shape index (κ3) is 4.32. The smallest absolute Gasteiger partial charge is 0.353 e. The first-order chi connectivity index (χ1) is 14.0. The van der Waals surface area contributed by atoms with Gasteiger partial charge in [-0.2, -0.15) is 9.97 Å². The van der Waals surface area contributed by atoms with Crippen LogP contribution in [0.1, 0.15) is 19.8 Å². The van der Waals surface area contributed by atoms with Gasteiger partial charge in [0.15, 0.2) is 0 Å². The monoisotopic (exact) mass is 434 g/mol. The van der Waals surface area contributed by atoms with Crippen LogP contribution in [0.3, 0.4) is 0 Å². The van der Waals surface area contributed by atoms with Gasteiger partial charge in [0.25, 0.3) is 5.16 Å². The molecule has 0 spiro atoms. The van der Waals surface area contributed by atoms with E-state index in [1.54, 1.807) is 42.2 Å². The van der Waals surface area contributed by atoms with Crippen LogP contribution in [0.5, 0.6) is 0 Å². The van der Waals surface area contributed by atoms with E-state index in [-0.39, 0.29) is 24.7 Å². The second-order valence-electron chi connectivity index (χ2n) is 7.46. The zero-order valence-corrected chi connectivity index (χ0v) is 17.3. The minimum Gasteiger partial charge on any atom is -0.369 e. The molecule has 2 aromatic rings. The molecule has 12 heteroatoms. The number of nitrogens with zero attached hydrogens (tertiary/aromatic N) is 4. The van der Waals surface area contributed by atoms with Crippen molar-refractivity contribution in [3.8, 4) is 0 Å². The molecule has 1 aromatic heterocycles. The number of piperidine rings is 1. The minimum absolute atomic E-state index is 0.111. The molecule has 0 saturated carbocycles. The number of nitrogens with one attached hydrogen (secondary N) is 1. The quantitative estimate of drug-likeness (QED) is 0.391.